The first kappa shape index (κ1) is 29.3. The van der Waals surface area contributed by atoms with E-state index in [-0.39, 0.29) is 23.2 Å². The van der Waals surface area contributed by atoms with Crippen molar-refractivity contribution in [1.82, 2.24) is 39.8 Å². The van der Waals surface area contributed by atoms with Gasteiger partial charge in [-0.15, -0.1) is 11.8 Å². The summed E-state index contributed by atoms with van der Waals surface area (Å²) in [4.78, 5) is 47.1. The first-order valence-electron chi connectivity index (χ1n) is 13.7. The summed E-state index contributed by atoms with van der Waals surface area (Å²) in [6.07, 6.45) is -0.561. The number of carbonyl (C=O) groups excluding carboxylic acids is 1. The number of pyridine rings is 1. The SMILES string of the molecule is CC1(C)Nc2nc(N)[nH]c(=O)c2N=C1C(=O)NN1CCN(CSC[C@H]2O[C@@H](n3cnc4c(N)ccnc43)[C@@H](O)C2O)CC1. The van der Waals surface area contributed by atoms with Crippen LogP contribution in [-0.4, -0.2) is 118 Å². The average Bonchev–Trinajstić information content (AvgIpc) is 3.50. The molecule has 0 radical (unpaired) electrons. The van der Waals surface area contributed by atoms with Gasteiger partial charge in [0.1, 0.15) is 23.4 Å². The highest BCUT2D eigenvalue weighted by atomic mass is 32.2. The third-order valence-electron chi connectivity index (χ3n) is 7.67. The van der Waals surface area contributed by atoms with E-state index in [9.17, 15) is 19.8 Å². The van der Waals surface area contributed by atoms with Crippen LogP contribution in [0.25, 0.3) is 11.2 Å². The number of hydrogen-bond acceptors (Lipinski definition) is 15. The largest absolute Gasteiger partial charge is 0.397 e. The van der Waals surface area contributed by atoms with Crippen LogP contribution in [0, 0.1) is 0 Å². The number of hydrogen-bond donors (Lipinski definition) is 7. The van der Waals surface area contributed by atoms with Crippen molar-refractivity contribution < 1.29 is 19.7 Å². The van der Waals surface area contributed by atoms with Gasteiger partial charge in [-0.25, -0.2) is 20.0 Å². The van der Waals surface area contributed by atoms with E-state index in [1.165, 1.54) is 6.33 Å². The van der Waals surface area contributed by atoms with Gasteiger partial charge in [0.05, 0.1) is 23.7 Å². The highest BCUT2D eigenvalue weighted by Crippen LogP contribution is 2.34. The molecule has 3 aliphatic rings. The first-order valence-corrected chi connectivity index (χ1v) is 14.9. The normalized spacial score (nSPS) is 25.7. The molecule has 0 aliphatic carbocycles. The quantitative estimate of drug-likeness (QED) is 0.162. The van der Waals surface area contributed by atoms with E-state index in [1.54, 1.807) is 42.4 Å². The van der Waals surface area contributed by atoms with E-state index in [0.717, 1.165) is 0 Å². The van der Waals surface area contributed by atoms with Crippen molar-refractivity contribution in [3.05, 3.63) is 28.9 Å². The fraction of sp³-hybridized carbons (Fsp3) is 0.520. The number of nitrogens with one attached hydrogen (secondary N) is 3. The van der Waals surface area contributed by atoms with E-state index >= 15 is 0 Å². The van der Waals surface area contributed by atoms with Crippen molar-refractivity contribution in [2.45, 2.75) is 43.9 Å². The number of aliphatic imine (C=N–C) groups is 1. The lowest BCUT2D eigenvalue weighted by atomic mass is 9.95. The predicted octanol–water partition coefficient (Wildman–Crippen LogP) is -1.39. The molecular weight excluding hydrogens is 580 g/mol. The summed E-state index contributed by atoms with van der Waals surface area (Å²) in [5, 5.41) is 26.3. The molecule has 1 unspecified atom stereocenters. The fourth-order valence-electron chi connectivity index (χ4n) is 5.34. The standard InChI is InChI=1S/C25H34N12O5S/c1-25(2)18(30-15-19(33-25)31-24(27)32-21(15)40)22(41)34-36-7-5-35(6-8-36)11-43-9-13-16(38)17(39)23(42-13)37-10-29-14-12(26)3-4-28-20(14)37/h3-4,10,13,16-17,23,38-39H,5-9,11H2,1-2H3,(H2,26,28)(H,34,41)(H4,27,31,32,33,40)/t13-,16?,17+,23-/m1/s1. The number of amides is 1. The molecule has 3 aliphatic heterocycles. The molecule has 43 heavy (non-hydrogen) atoms. The molecule has 0 bridgehead atoms. The number of anilines is 3. The Morgan fingerprint density at radius 1 is 1.21 bits per heavy atom. The summed E-state index contributed by atoms with van der Waals surface area (Å²) in [6, 6.07) is 1.65. The molecular formula is C25H34N12O5S. The second-order valence-corrected chi connectivity index (χ2v) is 12.2. The average molecular weight is 615 g/mol. The van der Waals surface area contributed by atoms with Gasteiger partial charge in [-0.1, -0.05) is 0 Å². The lowest BCUT2D eigenvalue weighted by molar-refractivity contribution is -0.120. The maximum Gasteiger partial charge on any atom is 0.282 e. The number of aromatic nitrogens is 5. The Labute approximate surface area is 249 Å². The van der Waals surface area contributed by atoms with Crippen LogP contribution in [0.4, 0.5) is 23.1 Å². The van der Waals surface area contributed by atoms with Crippen molar-refractivity contribution in [2.75, 3.05) is 54.6 Å². The van der Waals surface area contributed by atoms with Crippen LogP contribution in [0.3, 0.4) is 0 Å². The maximum absolute atomic E-state index is 13.2. The van der Waals surface area contributed by atoms with E-state index in [0.29, 0.717) is 54.7 Å². The van der Waals surface area contributed by atoms with Crippen molar-refractivity contribution in [1.29, 1.82) is 0 Å². The maximum atomic E-state index is 13.2. The number of piperazine rings is 1. The number of imidazole rings is 1. The minimum absolute atomic E-state index is 0.00969. The predicted molar refractivity (Wildman–Crippen MR) is 161 cm³/mol. The minimum atomic E-state index is -1.14. The molecule has 6 rings (SSSR count). The molecule has 0 saturated carbocycles. The smallest absolute Gasteiger partial charge is 0.282 e. The lowest BCUT2D eigenvalue weighted by Crippen LogP contribution is -2.58. The van der Waals surface area contributed by atoms with Gasteiger partial charge < -0.3 is 31.7 Å². The fourth-order valence-corrected chi connectivity index (χ4v) is 6.47. The van der Waals surface area contributed by atoms with Gasteiger partial charge in [-0.2, -0.15) is 4.98 Å². The highest BCUT2D eigenvalue weighted by Gasteiger charge is 2.44. The molecule has 3 aromatic rings. The Balaban J connectivity index is 0.988. The molecule has 18 heteroatoms. The number of rotatable bonds is 7. The summed E-state index contributed by atoms with van der Waals surface area (Å²) >= 11 is 1.59. The zero-order chi connectivity index (χ0) is 30.5. The number of carbonyl (C=O) groups is 1. The zero-order valence-electron chi connectivity index (χ0n) is 23.6. The van der Waals surface area contributed by atoms with Crippen molar-refractivity contribution in [3.8, 4) is 0 Å². The summed E-state index contributed by atoms with van der Waals surface area (Å²) < 4.78 is 7.63. The van der Waals surface area contributed by atoms with Crippen LogP contribution in [0.2, 0.25) is 0 Å². The molecule has 3 aromatic heterocycles. The molecule has 17 nitrogen and oxygen atoms in total. The number of aliphatic hydroxyl groups excluding tert-OH is 2. The minimum Gasteiger partial charge on any atom is -0.397 e. The third kappa shape index (κ3) is 5.64. The summed E-state index contributed by atoms with van der Waals surface area (Å²) in [6.45, 7) is 6.10. The van der Waals surface area contributed by atoms with Crippen LogP contribution in [0.1, 0.15) is 20.1 Å². The highest BCUT2D eigenvalue weighted by molar-refractivity contribution is 7.99. The number of nitrogens with zero attached hydrogens (tertiary/aromatic N) is 7. The molecule has 6 heterocycles. The van der Waals surface area contributed by atoms with E-state index in [1.807, 2.05) is 5.01 Å². The monoisotopic (exact) mass is 614 g/mol. The van der Waals surface area contributed by atoms with Crippen LogP contribution in [0.15, 0.2) is 28.4 Å². The molecule has 1 amide bonds. The topological polar surface area (TPSA) is 238 Å². The number of aromatic amines is 1. The van der Waals surface area contributed by atoms with Crippen molar-refractivity contribution >= 4 is 57.7 Å². The van der Waals surface area contributed by atoms with Gasteiger partial charge in [0.25, 0.3) is 11.5 Å². The summed E-state index contributed by atoms with van der Waals surface area (Å²) in [7, 11) is 0. The van der Waals surface area contributed by atoms with E-state index < -0.39 is 41.5 Å². The summed E-state index contributed by atoms with van der Waals surface area (Å²) in [5.41, 5.74) is 14.7. The number of nitrogen functional groups attached to an aromatic ring is 2. The Bertz CT molecular complexity index is 1620. The van der Waals surface area contributed by atoms with E-state index in [4.69, 9.17) is 16.2 Å². The number of fused-ring (bicyclic) bond motifs is 2. The number of thioether (sulfide) groups is 1. The second-order valence-electron chi connectivity index (χ2n) is 11.2. The molecule has 230 valence electrons. The van der Waals surface area contributed by atoms with Gasteiger partial charge in [0.2, 0.25) is 5.95 Å². The molecule has 0 spiro atoms. The van der Waals surface area contributed by atoms with Gasteiger partial charge in [-0.05, 0) is 19.9 Å². The van der Waals surface area contributed by atoms with Gasteiger partial charge >= 0.3 is 0 Å². The number of ether oxygens (including phenoxy) is 1. The Morgan fingerprint density at radius 2 is 1.98 bits per heavy atom. The summed E-state index contributed by atoms with van der Waals surface area (Å²) in [5.74, 6) is 0.932. The van der Waals surface area contributed by atoms with Gasteiger partial charge in [0.15, 0.2) is 23.4 Å². The van der Waals surface area contributed by atoms with Gasteiger partial charge in [0, 0.05) is 44.0 Å². The molecule has 4 atom stereocenters. The van der Waals surface area contributed by atoms with E-state index in [2.05, 4.69) is 40.6 Å². The van der Waals surface area contributed by atoms with Crippen LogP contribution < -0.4 is 27.8 Å². The molecule has 0 aromatic carbocycles. The number of hydrazine groups is 1. The van der Waals surface area contributed by atoms with Crippen LogP contribution >= 0.6 is 11.8 Å². The Hall–Kier alpha value is -3.81. The van der Waals surface area contributed by atoms with Crippen LogP contribution in [0.5, 0.6) is 0 Å². The number of H-pyrrole nitrogens is 1. The number of aliphatic hydroxyl groups is 2. The van der Waals surface area contributed by atoms with Gasteiger partial charge in [-0.3, -0.25) is 29.5 Å². The Morgan fingerprint density at radius 3 is 2.74 bits per heavy atom. The molecule has 2 saturated heterocycles. The van der Waals surface area contributed by atoms with Crippen LogP contribution in [-0.2, 0) is 9.53 Å². The lowest BCUT2D eigenvalue weighted by Gasteiger charge is -2.36. The second kappa shape index (κ2) is 11.4. The van der Waals surface area contributed by atoms with Crippen molar-refractivity contribution in [3.63, 3.8) is 0 Å². The zero-order valence-corrected chi connectivity index (χ0v) is 24.4. The number of nitrogens with two attached hydrogens (primary N) is 2. The third-order valence-corrected chi connectivity index (χ3v) is 8.78. The molecule has 9 N–H and O–H groups in total. The molecule has 2 fully saturated rings. The Kier molecular flexibility index (Phi) is 7.73. The van der Waals surface area contributed by atoms with Crippen molar-refractivity contribution in [2.24, 2.45) is 4.99 Å². The first-order chi connectivity index (χ1) is 20.5.